The van der Waals surface area contributed by atoms with E-state index in [1.165, 1.54) is 17.0 Å². The highest BCUT2D eigenvalue weighted by atomic mass is 35.5. The number of hydrogen-bond donors (Lipinski definition) is 2. The van der Waals surface area contributed by atoms with Crippen LogP contribution in [0.1, 0.15) is 47.1 Å². The van der Waals surface area contributed by atoms with Gasteiger partial charge in [0.2, 0.25) is 5.91 Å². The predicted molar refractivity (Wildman–Crippen MR) is 146 cm³/mol. The zero-order valence-electron chi connectivity index (χ0n) is 22.0. The zero-order valence-corrected chi connectivity index (χ0v) is 22.8. The molecule has 3 aliphatic rings. The number of benzene rings is 1. The largest absolute Gasteiger partial charge is 0.440 e. The lowest BCUT2D eigenvalue weighted by Gasteiger charge is -2.29. The summed E-state index contributed by atoms with van der Waals surface area (Å²) in [5.41, 5.74) is 1.72. The number of carbonyl (C=O) groups is 4. The Morgan fingerprint density at radius 1 is 1.08 bits per heavy atom. The number of furan rings is 1. The highest BCUT2D eigenvalue weighted by Crippen LogP contribution is 2.32. The van der Waals surface area contributed by atoms with Gasteiger partial charge in [-0.2, -0.15) is 0 Å². The van der Waals surface area contributed by atoms with Crippen LogP contribution in [-0.2, 0) is 9.59 Å². The van der Waals surface area contributed by atoms with Crippen LogP contribution in [0.15, 0.2) is 40.8 Å². The second kappa shape index (κ2) is 11.8. The number of hydrogen-bond acceptors (Lipinski definition) is 7. The third-order valence-corrected chi connectivity index (χ3v) is 8.05. The van der Waals surface area contributed by atoms with Crippen molar-refractivity contribution < 1.29 is 23.6 Å². The first-order chi connectivity index (χ1) is 18.8. The van der Waals surface area contributed by atoms with Crippen LogP contribution in [0.5, 0.6) is 0 Å². The molecule has 0 spiro atoms. The number of nitrogens with one attached hydrogen (secondary N) is 2. The molecule has 4 heterocycles. The number of nitrogens with zero attached hydrogens (tertiary/aromatic N) is 3. The Labute approximate surface area is 232 Å². The summed E-state index contributed by atoms with van der Waals surface area (Å²) in [6, 6.07) is 9.65. The van der Waals surface area contributed by atoms with Gasteiger partial charge in [-0.25, -0.2) is 0 Å². The van der Waals surface area contributed by atoms with E-state index in [4.69, 9.17) is 16.0 Å². The Hall–Kier alpha value is -3.37. The fourth-order valence-electron chi connectivity index (χ4n) is 5.74. The molecule has 0 aliphatic carbocycles. The number of likely N-dealkylation sites (tertiary alicyclic amines) is 2. The van der Waals surface area contributed by atoms with Crippen LogP contribution < -0.4 is 15.5 Å². The summed E-state index contributed by atoms with van der Waals surface area (Å²) >= 11 is 5.80. The molecule has 39 heavy (non-hydrogen) atoms. The third kappa shape index (κ3) is 5.96. The van der Waals surface area contributed by atoms with E-state index >= 15 is 0 Å². The van der Waals surface area contributed by atoms with Crippen molar-refractivity contribution in [2.75, 3.05) is 50.7 Å². The Balaban J connectivity index is 1.08. The van der Waals surface area contributed by atoms with Gasteiger partial charge in [-0.15, -0.1) is 0 Å². The fraction of sp³-hybridized carbons (Fsp3) is 0.500. The van der Waals surface area contributed by atoms with E-state index in [-0.39, 0.29) is 59.4 Å². The molecule has 11 heteroatoms. The minimum atomic E-state index is -0.622. The fourth-order valence-corrected chi connectivity index (χ4v) is 5.89. The Kier molecular flexibility index (Phi) is 8.23. The predicted octanol–water partition coefficient (Wildman–Crippen LogP) is 2.18. The summed E-state index contributed by atoms with van der Waals surface area (Å²) in [6.07, 6.45) is 1.45. The van der Waals surface area contributed by atoms with E-state index in [1.807, 2.05) is 31.2 Å². The number of fused-ring (bicyclic) bond motifs is 1. The van der Waals surface area contributed by atoms with Crippen LogP contribution in [0.4, 0.5) is 5.69 Å². The lowest BCUT2D eigenvalue weighted by molar-refractivity contribution is -0.137. The van der Waals surface area contributed by atoms with E-state index < -0.39 is 6.04 Å². The van der Waals surface area contributed by atoms with E-state index in [0.717, 1.165) is 31.9 Å². The minimum Gasteiger partial charge on any atom is -0.440 e. The quantitative estimate of drug-likeness (QED) is 0.513. The van der Waals surface area contributed by atoms with Crippen LogP contribution in [-0.4, -0.2) is 91.2 Å². The number of amides is 3. The number of carbonyl (C=O) groups excluding carboxylic acids is 4. The van der Waals surface area contributed by atoms with Crippen LogP contribution in [0.3, 0.4) is 0 Å². The van der Waals surface area contributed by atoms with Crippen molar-refractivity contribution in [2.45, 2.75) is 38.3 Å². The first-order valence-corrected chi connectivity index (χ1v) is 13.9. The van der Waals surface area contributed by atoms with Crippen molar-refractivity contribution in [3.8, 4) is 0 Å². The molecule has 3 fully saturated rings. The van der Waals surface area contributed by atoms with Gasteiger partial charge in [0.05, 0.1) is 12.6 Å². The Morgan fingerprint density at radius 2 is 1.82 bits per heavy atom. The summed E-state index contributed by atoms with van der Waals surface area (Å²) in [5, 5.41) is 6.39. The molecule has 0 radical (unpaired) electrons. The van der Waals surface area contributed by atoms with Crippen molar-refractivity contribution >= 4 is 40.8 Å². The second-order valence-corrected chi connectivity index (χ2v) is 10.9. The van der Waals surface area contributed by atoms with Gasteiger partial charge in [-0.3, -0.25) is 19.2 Å². The maximum atomic E-state index is 13.1. The van der Waals surface area contributed by atoms with Gasteiger partial charge in [-0.1, -0.05) is 6.92 Å². The van der Waals surface area contributed by atoms with Gasteiger partial charge >= 0.3 is 0 Å². The Bertz CT molecular complexity index is 1230. The topological polar surface area (TPSA) is 115 Å². The normalized spacial score (nSPS) is 21.7. The monoisotopic (exact) mass is 555 g/mol. The first kappa shape index (κ1) is 27.2. The van der Waals surface area contributed by atoms with Gasteiger partial charge in [0.15, 0.2) is 16.8 Å². The summed E-state index contributed by atoms with van der Waals surface area (Å²) < 4.78 is 5.23. The average molecular weight is 556 g/mol. The highest BCUT2D eigenvalue weighted by molar-refractivity contribution is 6.29. The zero-order chi connectivity index (χ0) is 27.5. The van der Waals surface area contributed by atoms with Crippen LogP contribution in [0, 0.1) is 5.92 Å². The SMILES string of the molecule is CC(CCNC(=O)c1ccc(N2CCNCC2)cc1)CC(=O)N1CCC2C1C(=O)CN2C(=O)c1ccc(Cl)o1. The highest BCUT2D eigenvalue weighted by Gasteiger charge is 2.51. The number of piperazine rings is 1. The molecule has 1 aromatic carbocycles. The number of ketones is 1. The molecule has 2 aromatic rings. The summed E-state index contributed by atoms with van der Waals surface area (Å²) in [5.74, 6) is -0.661. The van der Waals surface area contributed by atoms with Gasteiger partial charge < -0.3 is 29.8 Å². The van der Waals surface area contributed by atoms with Gasteiger partial charge in [0, 0.05) is 56.9 Å². The molecule has 3 aliphatic heterocycles. The first-order valence-electron chi connectivity index (χ1n) is 13.5. The average Bonchev–Trinajstić information content (AvgIpc) is 3.66. The smallest absolute Gasteiger partial charge is 0.290 e. The molecule has 5 rings (SSSR count). The van der Waals surface area contributed by atoms with E-state index in [2.05, 4.69) is 15.5 Å². The third-order valence-electron chi connectivity index (χ3n) is 7.85. The standard InChI is InChI=1S/C28H34ClN5O5/c1-18(8-10-31-27(37)19-2-4-20(5-3-19)32-14-11-30-12-15-32)16-25(36)33-13-9-21-26(33)22(35)17-34(21)28(38)23-6-7-24(29)39-23/h2-7,18,21,26,30H,8-17H2,1H3,(H,31,37). The molecule has 0 saturated carbocycles. The second-order valence-electron chi connectivity index (χ2n) is 10.5. The summed E-state index contributed by atoms with van der Waals surface area (Å²) in [4.78, 5) is 56.8. The van der Waals surface area contributed by atoms with Crippen LogP contribution >= 0.6 is 11.6 Å². The number of rotatable bonds is 8. The molecule has 3 amide bonds. The lowest BCUT2D eigenvalue weighted by atomic mass is 10.0. The van der Waals surface area contributed by atoms with Crippen molar-refractivity contribution in [3.63, 3.8) is 0 Å². The molecule has 3 saturated heterocycles. The molecule has 10 nitrogen and oxygen atoms in total. The molecular formula is C28H34ClN5O5. The molecule has 0 bridgehead atoms. The van der Waals surface area contributed by atoms with E-state index in [9.17, 15) is 19.2 Å². The molecule has 2 N–H and O–H groups in total. The van der Waals surface area contributed by atoms with Crippen molar-refractivity contribution in [3.05, 3.63) is 52.9 Å². The van der Waals surface area contributed by atoms with E-state index in [0.29, 0.717) is 31.5 Å². The van der Waals surface area contributed by atoms with Crippen LogP contribution in [0.25, 0.3) is 0 Å². The number of Topliss-reactive ketones (excluding diaryl/α,β-unsaturated/α-hetero) is 1. The maximum Gasteiger partial charge on any atom is 0.290 e. The summed E-state index contributed by atoms with van der Waals surface area (Å²) in [7, 11) is 0. The van der Waals surface area contributed by atoms with Crippen molar-refractivity contribution in [1.82, 2.24) is 20.4 Å². The molecule has 3 unspecified atom stereocenters. The molecule has 208 valence electrons. The van der Waals surface area contributed by atoms with Crippen LogP contribution in [0.2, 0.25) is 5.22 Å². The van der Waals surface area contributed by atoms with Gasteiger partial charge in [-0.05, 0) is 66.8 Å². The lowest BCUT2D eigenvalue weighted by Crippen LogP contribution is -2.44. The number of anilines is 1. The molecular weight excluding hydrogens is 522 g/mol. The Morgan fingerprint density at radius 3 is 2.51 bits per heavy atom. The molecule has 1 aromatic heterocycles. The maximum absolute atomic E-state index is 13.1. The minimum absolute atomic E-state index is 0.0198. The van der Waals surface area contributed by atoms with Crippen molar-refractivity contribution in [2.24, 2.45) is 5.92 Å². The van der Waals surface area contributed by atoms with E-state index in [1.54, 1.807) is 4.90 Å². The van der Waals surface area contributed by atoms with Gasteiger partial charge in [0.1, 0.15) is 6.04 Å². The number of halogens is 1. The van der Waals surface area contributed by atoms with Gasteiger partial charge in [0.25, 0.3) is 11.8 Å². The summed E-state index contributed by atoms with van der Waals surface area (Å²) in [6.45, 7) is 6.61. The molecule has 3 atom stereocenters. The van der Waals surface area contributed by atoms with Crippen molar-refractivity contribution in [1.29, 1.82) is 0 Å².